The first-order chi connectivity index (χ1) is 8.33. The van der Waals surface area contributed by atoms with Gasteiger partial charge in [-0.3, -0.25) is 4.79 Å². The van der Waals surface area contributed by atoms with Gasteiger partial charge in [0, 0.05) is 5.92 Å². The molecular formula is C14H19NO2. The van der Waals surface area contributed by atoms with Gasteiger partial charge in [-0.15, -0.1) is 0 Å². The lowest BCUT2D eigenvalue weighted by Gasteiger charge is -2.31. The normalized spacial score (nSPS) is 24.3. The van der Waals surface area contributed by atoms with Crippen molar-refractivity contribution in [2.45, 2.75) is 31.7 Å². The van der Waals surface area contributed by atoms with E-state index in [1.165, 1.54) is 5.56 Å². The van der Waals surface area contributed by atoms with Gasteiger partial charge in [0.25, 0.3) is 0 Å². The molecule has 2 atom stereocenters. The number of hydrogen-bond acceptors (Lipinski definition) is 3. The third-order valence-electron chi connectivity index (χ3n) is 3.23. The molecule has 17 heavy (non-hydrogen) atoms. The quantitative estimate of drug-likeness (QED) is 0.812. The van der Waals surface area contributed by atoms with Crippen molar-refractivity contribution in [2.75, 3.05) is 13.2 Å². The van der Waals surface area contributed by atoms with E-state index in [9.17, 15) is 4.79 Å². The fourth-order valence-corrected chi connectivity index (χ4v) is 2.43. The summed E-state index contributed by atoms with van der Waals surface area (Å²) in [4.78, 5) is 11.9. The summed E-state index contributed by atoms with van der Waals surface area (Å²) in [6.45, 7) is 3.18. The molecule has 1 heterocycles. The summed E-state index contributed by atoms with van der Waals surface area (Å²) >= 11 is 0. The molecule has 0 radical (unpaired) electrons. The molecule has 3 heteroatoms. The highest BCUT2D eigenvalue weighted by Gasteiger charge is 2.32. The monoisotopic (exact) mass is 233 g/mol. The maximum absolute atomic E-state index is 11.9. The van der Waals surface area contributed by atoms with E-state index in [0.29, 0.717) is 6.61 Å². The summed E-state index contributed by atoms with van der Waals surface area (Å²) in [5.41, 5.74) is 1.22. The summed E-state index contributed by atoms with van der Waals surface area (Å²) in [5, 5.41) is 3.28. The number of benzene rings is 1. The number of hydrogen-bond donors (Lipinski definition) is 1. The average Bonchev–Trinajstić information content (AvgIpc) is 2.40. The van der Waals surface area contributed by atoms with Crippen molar-refractivity contribution in [3.05, 3.63) is 35.9 Å². The smallest absolute Gasteiger partial charge is 0.323 e. The topological polar surface area (TPSA) is 38.3 Å². The summed E-state index contributed by atoms with van der Waals surface area (Å²) in [7, 11) is 0. The van der Waals surface area contributed by atoms with Crippen LogP contribution in [0.25, 0.3) is 0 Å². The maximum atomic E-state index is 11.9. The van der Waals surface area contributed by atoms with Crippen LogP contribution in [0.2, 0.25) is 0 Å². The van der Waals surface area contributed by atoms with E-state index >= 15 is 0 Å². The molecule has 92 valence electrons. The van der Waals surface area contributed by atoms with Crippen LogP contribution in [0.15, 0.2) is 30.3 Å². The second kappa shape index (κ2) is 5.82. The van der Waals surface area contributed by atoms with Gasteiger partial charge in [-0.1, -0.05) is 30.3 Å². The van der Waals surface area contributed by atoms with E-state index in [2.05, 4.69) is 17.4 Å². The largest absolute Gasteiger partial charge is 0.465 e. The van der Waals surface area contributed by atoms with E-state index < -0.39 is 0 Å². The SMILES string of the molecule is CCOC(=O)[C@@H]1NCCC[C@H]1c1ccccc1. The lowest BCUT2D eigenvalue weighted by atomic mass is 9.85. The molecule has 1 aromatic rings. The minimum Gasteiger partial charge on any atom is -0.465 e. The molecule has 0 unspecified atom stereocenters. The highest BCUT2D eigenvalue weighted by atomic mass is 16.5. The Balaban J connectivity index is 2.15. The Labute approximate surface area is 102 Å². The van der Waals surface area contributed by atoms with Crippen molar-refractivity contribution in [2.24, 2.45) is 0 Å². The first kappa shape index (κ1) is 12.1. The Morgan fingerprint density at radius 1 is 1.41 bits per heavy atom. The Hall–Kier alpha value is -1.35. The third-order valence-corrected chi connectivity index (χ3v) is 3.23. The van der Waals surface area contributed by atoms with E-state index in [-0.39, 0.29) is 17.9 Å². The minimum absolute atomic E-state index is 0.124. The molecule has 2 rings (SSSR count). The molecule has 1 aromatic carbocycles. The first-order valence-electron chi connectivity index (χ1n) is 6.28. The number of nitrogens with one attached hydrogen (secondary N) is 1. The lowest BCUT2D eigenvalue weighted by molar-refractivity contribution is -0.146. The number of ether oxygens (including phenoxy) is 1. The fraction of sp³-hybridized carbons (Fsp3) is 0.500. The van der Waals surface area contributed by atoms with Crippen LogP contribution in [0.1, 0.15) is 31.2 Å². The van der Waals surface area contributed by atoms with Gasteiger partial charge in [-0.05, 0) is 31.9 Å². The Morgan fingerprint density at radius 3 is 2.88 bits per heavy atom. The molecule has 0 bridgehead atoms. The molecule has 0 amide bonds. The molecule has 1 aliphatic rings. The molecule has 0 saturated carbocycles. The van der Waals surface area contributed by atoms with Crippen molar-refractivity contribution in [3.8, 4) is 0 Å². The fourth-order valence-electron chi connectivity index (χ4n) is 2.43. The predicted octanol–water partition coefficient (Wildman–Crippen LogP) is 2.09. The van der Waals surface area contributed by atoms with Gasteiger partial charge in [0.05, 0.1) is 6.61 Å². The number of carbonyl (C=O) groups excluding carboxylic acids is 1. The van der Waals surface area contributed by atoms with Crippen LogP contribution < -0.4 is 5.32 Å². The molecule has 0 aromatic heterocycles. The Kier molecular flexibility index (Phi) is 4.15. The molecule has 1 aliphatic heterocycles. The predicted molar refractivity (Wildman–Crippen MR) is 66.8 cm³/mol. The second-order valence-electron chi connectivity index (χ2n) is 4.34. The molecule has 1 fully saturated rings. The van der Waals surface area contributed by atoms with Gasteiger partial charge in [0.2, 0.25) is 0 Å². The van der Waals surface area contributed by atoms with Crippen molar-refractivity contribution in [3.63, 3.8) is 0 Å². The zero-order chi connectivity index (χ0) is 12.1. The van der Waals surface area contributed by atoms with Crippen LogP contribution in [0.4, 0.5) is 0 Å². The lowest BCUT2D eigenvalue weighted by Crippen LogP contribution is -2.46. The Morgan fingerprint density at radius 2 is 2.18 bits per heavy atom. The number of esters is 1. The first-order valence-corrected chi connectivity index (χ1v) is 6.28. The van der Waals surface area contributed by atoms with E-state index in [1.54, 1.807) is 0 Å². The molecule has 1 saturated heterocycles. The number of piperidine rings is 1. The summed E-state index contributed by atoms with van der Waals surface area (Å²) in [6, 6.07) is 10.0. The van der Waals surface area contributed by atoms with Crippen LogP contribution in [0.3, 0.4) is 0 Å². The van der Waals surface area contributed by atoms with E-state index in [0.717, 1.165) is 19.4 Å². The summed E-state index contributed by atoms with van der Waals surface area (Å²) in [6.07, 6.45) is 2.15. The summed E-state index contributed by atoms with van der Waals surface area (Å²) in [5.74, 6) is 0.116. The Bertz CT molecular complexity index is 364. The zero-order valence-corrected chi connectivity index (χ0v) is 10.2. The molecule has 0 aliphatic carbocycles. The van der Waals surface area contributed by atoms with Gasteiger partial charge in [0.15, 0.2) is 0 Å². The van der Waals surface area contributed by atoms with Gasteiger partial charge in [0.1, 0.15) is 6.04 Å². The molecule has 1 N–H and O–H groups in total. The highest BCUT2D eigenvalue weighted by molar-refractivity contribution is 5.77. The number of rotatable bonds is 3. The van der Waals surface area contributed by atoms with Crippen LogP contribution in [-0.4, -0.2) is 25.2 Å². The maximum Gasteiger partial charge on any atom is 0.323 e. The second-order valence-corrected chi connectivity index (χ2v) is 4.34. The van der Waals surface area contributed by atoms with Gasteiger partial charge in [-0.2, -0.15) is 0 Å². The molecular weight excluding hydrogens is 214 g/mol. The van der Waals surface area contributed by atoms with Gasteiger partial charge < -0.3 is 10.1 Å². The third kappa shape index (κ3) is 2.86. The molecule has 0 spiro atoms. The van der Waals surface area contributed by atoms with Crippen molar-refractivity contribution in [1.29, 1.82) is 0 Å². The van der Waals surface area contributed by atoms with Crippen molar-refractivity contribution < 1.29 is 9.53 Å². The molecule has 3 nitrogen and oxygen atoms in total. The van der Waals surface area contributed by atoms with Gasteiger partial charge >= 0.3 is 5.97 Å². The zero-order valence-electron chi connectivity index (χ0n) is 10.2. The van der Waals surface area contributed by atoms with Crippen LogP contribution in [0, 0.1) is 0 Å². The van der Waals surface area contributed by atoms with Crippen molar-refractivity contribution in [1.82, 2.24) is 5.32 Å². The average molecular weight is 233 g/mol. The van der Waals surface area contributed by atoms with Crippen LogP contribution in [0.5, 0.6) is 0 Å². The number of carbonyl (C=O) groups is 1. The van der Waals surface area contributed by atoms with E-state index in [4.69, 9.17) is 4.74 Å². The minimum atomic E-state index is -0.189. The van der Waals surface area contributed by atoms with Crippen LogP contribution >= 0.6 is 0 Å². The van der Waals surface area contributed by atoms with Crippen molar-refractivity contribution >= 4 is 5.97 Å². The van der Waals surface area contributed by atoms with Gasteiger partial charge in [-0.25, -0.2) is 0 Å². The summed E-state index contributed by atoms with van der Waals surface area (Å²) < 4.78 is 5.13. The van der Waals surface area contributed by atoms with Crippen LogP contribution in [-0.2, 0) is 9.53 Å². The van der Waals surface area contributed by atoms with E-state index in [1.807, 2.05) is 25.1 Å². The standard InChI is InChI=1S/C14H19NO2/c1-2-17-14(16)13-12(9-6-10-15-13)11-7-4-3-5-8-11/h3-5,7-8,12-13,15H,2,6,9-10H2,1H3/t12-,13+/m0/s1. The highest BCUT2D eigenvalue weighted by Crippen LogP contribution is 2.28.